The largest absolute Gasteiger partial charge is 0.478 e. The Morgan fingerprint density at radius 2 is 1.67 bits per heavy atom. The molecule has 142 valence electrons. The summed E-state index contributed by atoms with van der Waals surface area (Å²) in [7, 11) is 0. The maximum absolute atomic E-state index is 12.5. The molecule has 1 unspecified atom stereocenters. The smallest absolute Gasteiger partial charge is 0.335 e. The number of carboxylic acids is 1. The average molecular weight is 368 g/mol. The van der Waals surface area contributed by atoms with Gasteiger partial charge in [-0.25, -0.2) is 4.79 Å². The Balaban J connectivity index is 2.00. The Labute approximate surface area is 158 Å². The van der Waals surface area contributed by atoms with Gasteiger partial charge in [0.1, 0.15) is 6.04 Å². The third-order valence-electron chi connectivity index (χ3n) is 4.18. The van der Waals surface area contributed by atoms with Crippen molar-refractivity contribution in [3.8, 4) is 0 Å². The van der Waals surface area contributed by atoms with Gasteiger partial charge in [0.2, 0.25) is 5.91 Å². The van der Waals surface area contributed by atoms with Crippen LogP contribution >= 0.6 is 0 Å². The molecule has 0 bridgehead atoms. The van der Waals surface area contributed by atoms with Crippen LogP contribution in [0.2, 0.25) is 0 Å². The molecule has 0 radical (unpaired) electrons. The van der Waals surface area contributed by atoms with Crippen LogP contribution in [0.25, 0.3) is 0 Å². The summed E-state index contributed by atoms with van der Waals surface area (Å²) in [6, 6.07) is 12.8. The molecule has 6 nitrogen and oxygen atoms in total. The van der Waals surface area contributed by atoms with Crippen molar-refractivity contribution < 1.29 is 19.5 Å². The molecule has 2 aromatic rings. The van der Waals surface area contributed by atoms with Gasteiger partial charge < -0.3 is 15.7 Å². The van der Waals surface area contributed by atoms with Crippen molar-refractivity contribution in [2.24, 2.45) is 5.92 Å². The second-order valence-corrected chi connectivity index (χ2v) is 6.78. The van der Waals surface area contributed by atoms with Gasteiger partial charge in [-0.15, -0.1) is 0 Å². The summed E-state index contributed by atoms with van der Waals surface area (Å²) in [5.41, 5.74) is 2.45. The Morgan fingerprint density at radius 3 is 2.22 bits per heavy atom. The molecular weight excluding hydrogens is 344 g/mol. The molecule has 0 fully saturated rings. The molecule has 2 rings (SSSR count). The van der Waals surface area contributed by atoms with Crippen molar-refractivity contribution >= 4 is 17.8 Å². The van der Waals surface area contributed by atoms with E-state index in [1.165, 1.54) is 12.1 Å². The minimum Gasteiger partial charge on any atom is -0.478 e. The molecule has 2 aromatic carbocycles. The third-order valence-corrected chi connectivity index (χ3v) is 4.18. The Bertz CT molecular complexity index is 828. The summed E-state index contributed by atoms with van der Waals surface area (Å²) in [5.74, 6) is -1.66. The quantitative estimate of drug-likeness (QED) is 0.700. The van der Waals surface area contributed by atoms with Crippen molar-refractivity contribution in [2.75, 3.05) is 0 Å². The fourth-order valence-electron chi connectivity index (χ4n) is 2.61. The number of hydrogen-bond donors (Lipinski definition) is 3. The Morgan fingerprint density at radius 1 is 1.00 bits per heavy atom. The molecule has 0 aliphatic rings. The van der Waals surface area contributed by atoms with Crippen molar-refractivity contribution in [2.45, 2.75) is 33.4 Å². The zero-order valence-electron chi connectivity index (χ0n) is 15.7. The maximum atomic E-state index is 12.5. The van der Waals surface area contributed by atoms with Crippen LogP contribution in [-0.4, -0.2) is 28.9 Å². The first-order valence-corrected chi connectivity index (χ1v) is 8.75. The van der Waals surface area contributed by atoms with Crippen molar-refractivity contribution in [3.05, 3.63) is 70.8 Å². The molecular formula is C21H24N2O4. The molecule has 2 amide bonds. The van der Waals surface area contributed by atoms with Crippen LogP contribution in [0, 0.1) is 12.8 Å². The van der Waals surface area contributed by atoms with Crippen LogP contribution in [0.15, 0.2) is 48.5 Å². The van der Waals surface area contributed by atoms with E-state index in [1.54, 1.807) is 30.3 Å². The van der Waals surface area contributed by atoms with Crippen LogP contribution in [-0.2, 0) is 11.3 Å². The fourth-order valence-corrected chi connectivity index (χ4v) is 2.61. The molecule has 0 aliphatic carbocycles. The van der Waals surface area contributed by atoms with Crippen LogP contribution in [0.5, 0.6) is 0 Å². The monoisotopic (exact) mass is 368 g/mol. The van der Waals surface area contributed by atoms with Crippen molar-refractivity contribution in [1.82, 2.24) is 10.6 Å². The van der Waals surface area contributed by atoms with E-state index in [4.69, 9.17) is 5.11 Å². The molecule has 0 heterocycles. The van der Waals surface area contributed by atoms with E-state index in [-0.39, 0.29) is 29.8 Å². The van der Waals surface area contributed by atoms with Crippen LogP contribution in [0.1, 0.15) is 45.7 Å². The highest BCUT2D eigenvalue weighted by Gasteiger charge is 2.24. The zero-order chi connectivity index (χ0) is 20.0. The molecule has 0 saturated heterocycles. The van der Waals surface area contributed by atoms with Gasteiger partial charge in [0, 0.05) is 12.1 Å². The summed E-state index contributed by atoms with van der Waals surface area (Å²) in [5, 5.41) is 14.5. The predicted molar refractivity (Wildman–Crippen MR) is 103 cm³/mol. The van der Waals surface area contributed by atoms with E-state index < -0.39 is 12.0 Å². The first-order chi connectivity index (χ1) is 12.8. The van der Waals surface area contributed by atoms with Gasteiger partial charge >= 0.3 is 5.97 Å². The van der Waals surface area contributed by atoms with Gasteiger partial charge in [0.15, 0.2) is 0 Å². The topological polar surface area (TPSA) is 95.5 Å². The highest BCUT2D eigenvalue weighted by atomic mass is 16.4. The molecule has 27 heavy (non-hydrogen) atoms. The lowest BCUT2D eigenvalue weighted by Gasteiger charge is -2.22. The number of amides is 2. The van der Waals surface area contributed by atoms with Gasteiger partial charge in [-0.2, -0.15) is 0 Å². The summed E-state index contributed by atoms with van der Waals surface area (Å²) in [6.45, 7) is 5.88. The lowest BCUT2D eigenvalue weighted by molar-refractivity contribution is -0.124. The SMILES string of the molecule is Cc1cccc(C(=O)NC(C(=O)NCc2ccc(C(=O)O)cc2)C(C)C)c1. The number of rotatable bonds is 7. The van der Waals surface area contributed by atoms with Crippen molar-refractivity contribution in [1.29, 1.82) is 0 Å². The molecule has 0 aromatic heterocycles. The van der Waals surface area contributed by atoms with Crippen LogP contribution in [0.4, 0.5) is 0 Å². The fraction of sp³-hybridized carbons (Fsp3) is 0.286. The number of carboxylic acid groups (broad SMARTS) is 1. The molecule has 6 heteroatoms. The summed E-state index contributed by atoms with van der Waals surface area (Å²) >= 11 is 0. The number of carbonyl (C=O) groups is 3. The molecule has 3 N–H and O–H groups in total. The zero-order valence-corrected chi connectivity index (χ0v) is 15.7. The van der Waals surface area contributed by atoms with E-state index in [0.29, 0.717) is 5.56 Å². The minimum absolute atomic E-state index is 0.0897. The summed E-state index contributed by atoms with van der Waals surface area (Å²) in [6.07, 6.45) is 0. The third kappa shape index (κ3) is 5.67. The van der Waals surface area contributed by atoms with Gasteiger partial charge in [-0.05, 0) is 42.7 Å². The van der Waals surface area contributed by atoms with Gasteiger partial charge in [-0.3, -0.25) is 9.59 Å². The second kappa shape index (κ2) is 8.98. The lowest BCUT2D eigenvalue weighted by atomic mass is 10.0. The van der Waals surface area contributed by atoms with E-state index in [2.05, 4.69) is 10.6 Å². The highest BCUT2D eigenvalue weighted by Crippen LogP contribution is 2.09. The number of aryl methyl sites for hydroxylation is 1. The van der Waals surface area contributed by atoms with E-state index in [0.717, 1.165) is 11.1 Å². The lowest BCUT2D eigenvalue weighted by Crippen LogP contribution is -2.49. The molecule has 0 aliphatic heterocycles. The van der Waals surface area contributed by atoms with Gasteiger partial charge in [0.05, 0.1) is 5.56 Å². The molecule has 0 saturated carbocycles. The number of benzene rings is 2. The van der Waals surface area contributed by atoms with Crippen molar-refractivity contribution in [3.63, 3.8) is 0 Å². The molecule has 1 atom stereocenters. The van der Waals surface area contributed by atoms with Gasteiger partial charge in [-0.1, -0.05) is 43.7 Å². The number of carbonyl (C=O) groups excluding carboxylic acids is 2. The van der Waals surface area contributed by atoms with E-state index in [9.17, 15) is 14.4 Å². The Kier molecular flexibility index (Phi) is 6.71. The first-order valence-electron chi connectivity index (χ1n) is 8.75. The van der Waals surface area contributed by atoms with Gasteiger partial charge in [0.25, 0.3) is 5.91 Å². The minimum atomic E-state index is -0.996. The first kappa shape index (κ1) is 20.2. The Hall–Kier alpha value is -3.15. The van der Waals surface area contributed by atoms with E-state index in [1.807, 2.05) is 26.8 Å². The predicted octanol–water partition coefficient (Wildman–Crippen LogP) is 2.76. The second-order valence-electron chi connectivity index (χ2n) is 6.78. The van der Waals surface area contributed by atoms with Crippen LogP contribution in [0.3, 0.4) is 0 Å². The number of nitrogens with one attached hydrogen (secondary N) is 2. The molecule has 0 spiro atoms. The number of hydrogen-bond acceptors (Lipinski definition) is 3. The summed E-state index contributed by atoms with van der Waals surface area (Å²) < 4.78 is 0. The summed E-state index contributed by atoms with van der Waals surface area (Å²) in [4.78, 5) is 35.9. The number of aromatic carboxylic acids is 1. The average Bonchev–Trinajstić information content (AvgIpc) is 2.64. The maximum Gasteiger partial charge on any atom is 0.335 e. The van der Waals surface area contributed by atoms with Crippen LogP contribution < -0.4 is 10.6 Å². The highest BCUT2D eigenvalue weighted by molar-refractivity contribution is 5.97. The van der Waals surface area contributed by atoms with E-state index >= 15 is 0 Å². The normalized spacial score (nSPS) is 11.7. The standard InChI is InChI=1S/C21H24N2O4/c1-13(2)18(23-19(24)17-6-4-5-14(3)11-17)20(25)22-12-15-7-9-16(10-8-15)21(26)27/h4-11,13,18H,12H2,1-3H3,(H,22,25)(H,23,24)(H,26,27).